The minimum Gasteiger partial charge on any atom is -0.403 e. The Hall–Kier alpha value is 0.434. The average molecular weight is 378 g/mol. The molecule has 0 rings (SSSR count). The highest BCUT2D eigenvalue weighted by molar-refractivity contribution is 9.09. The molecule has 0 radical (unpaired) electrons. The molecule has 0 aromatic heterocycles. The summed E-state index contributed by atoms with van der Waals surface area (Å²) in [6.07, 6.45) is 2.28. The molecule has 0 spiro atoms. The maximum atomic E-state index is 6.48. The van der Waals surface area contributed by atoms with Gasteiger partial charge in [0.15, 0.2) is 8.32 Å². The molecule has 0 saturated heterocycles. The smallest absolute Gasteiger partial charge is 0.193 e. The molecular weight excluding hydrogens is 344 g/mol. The van der Waals surface area contributed by atoms with Gasteiger partial charge in [-0.25, -0.2) is 0 Å². The van der Waals surface area contributed by atoms with E-state index in [-0.39, 0.29) is 11.1 Å². The van der Waals surface area contributed by atoms with Crippen LogP contribution in [0.2, 0.25) is 43.8 Å². The van der Waals surface area contributed by atoms with Gasteiger partial charge < -0.3 is 4.43 Å². The molecule has 0 bridgehead atoms. The van der Waals surface area contributed by atoms with Gasteiger partial charge in [-0.15, -0.1) is 5.92 Å². The van der Waals surface area contributed by atoms with Crippen molar-refractivity contribution in [1.82, 2.24) is 0 Å². The highest BCUT2D eigenvalue weighted by Gasteiger charge is 2.38. The van der Waals surface area contributed by atoms with Gasteiger partial charge in [-0.05, 0) is 31.0 Å². The van der Waals surface area contributed by atoms with Gasteiger partial charge in [-0.2, -0.15) is 0 Å². The summed E-state index contributed by atoms with van der Waals surface area (Å²) >= 11 is 3.51. The molecule has 0 heterocycles. The topological polar surface area (TPSA) is 9.23 Å². The summed E-state index contributed by atoms with van der Waals surface area (Å²) < 4.78 is 6.48. The van der Waals surface area contributed by atoms with Gasteiger partial charge in [-0.3, -0.25) is 0 Å². The zero-order chi connectivity index (χ0) is 16.0. The fourth-order valence-electron chi connectivity index (χ4n) is 1.39. The maximum Gasteiger partial charge on any atom is 0.193 e. The molecule has 0 aliphatic heterocycles. The monoisotopic (exact) mass is 376 g/mol. The number of rotatable bonds is 6. The highest BCUT2D eigenvalue weighted by Crippen LogP contribution is 2.37. The summed E-state index contributed by atoms with van der Waals surface area (Å²) in [5, 5.41) is 1.28. The van der Waals surface area contributed by atoms with Crippen LogP contribution in [0.1, 0.15) is 33.6 Å². The van der Waals surface area contributed by atoms with E-state index in [9.17, 15) is 0 Å². The van der Waals surface area contributed by atoms with E-state index >= 15 is 0 Å². The second kappa shape index (κ2) is 8.17. The summed E-state index contributed by atoms with van der Waals surface area (Å²) in [6, 6.07) is 1.07. The number of halogens is 1. The molecule has 20 heavy (non-hydrogen) atoms. The molecule has 118 valence electrons. The van der Waals surface area contributed by atoms with Crippen molar-refractivity contribution >= 4 is 32.3 Å². The summed E-state index contributed by atoms with van der Waals surface area (Å²) in [7, 11) is -2.80. The molecule has 4 heteroatoms. The van der Waals surface area contributed by atoms with E-state index in [0.29, 0.717) is 0 Å². The first-order valence-electron chi connectivity index (χ1n) is 7.61. The Morgan fingerprint density at radius 2 is 1.65 bits per heavy atom. The van der Waals surface area contributed by atoms with Crippen molar-refractivity contribution in [2.75, 3.05) is 5.33 Å². The van der Waals surface area contributed by atoms with Crippen molar-refractivity contribution in [3.8, 4) is 11.8 Å². The molecule has 0 fully saturated rings. The molecular formula is C16H33BrOSi2. The van der Waals surface area contributed by atoms with E-state index in [1.165, 1.54) is 0 Å². The fraction of sp³-hybridized carbons (Fsp3) is 0.875. The first-order chi connectivity index (χ1) is 8.89. The van der Waals surface area contributed by atoms with Gasteiger partial charge >= 0.3 is 0 Å². The quantitative estimate of drug-likeness (QED) is 0.318. The van der Waals surface area contributed by atoms with Crippen LogP contribution < -0.4 is 0 Å². The largest absolute Gasteiger partial charge is 0.403 e. The fourth-order valence-corrected chi connectivity index (χ4v) is 3.58. The van der Waals surface area contributed by atoms with Crippen molar-refractivity contribution in [1.29, 1.82) is 0 Å². The molecule has 0 aliphatic rings. The second-order valence-electron chi connectivity index (χ2n) is 8.26. The number of hydrogen-bond donors (Lipinski definition) is 0. The minimum atomic E-state index is -1.72. The van der Waals surface area contributed by atoms with Crippen molar-refractivity contribution in [3.05, 3.63) is 0 Å². The van der Waals surface area contributed by atoms with Gasteiger partial charge in [0.25, 0.3) is 0 Å². The van der Waals surface area contributed by atoms with E-state index in [1.807, 2.05) is 0 Å². The van der Waals surface area contributed by atoms with Gasteiger partial charge in [-0.1, -0.05) is 62.3 Å². The molecule has 1 atom stereocenters. The summed E-state index contributed by atoms with van der Waals surface area (Å²) in [5.74, 6) is 6.82. The Kier molecular flexibility index (Phi) is 8.35. The number of alkyl halides is 1. The van der Waals surface area contributed by atoms with Crippen LogP contribution in [0.15, 0.2) is 0 Å². The third-order valence-corrected chi connectivity index (χ3v) is 10.0. The summed E-state index contributed by atoms with van der Waals surface area (Å²) in [6.45, 7) is 18.6. The first-order valence-corrected chi connectivity index (χ1v) is 15.3. The Labute approximate surface area is 137 Å². The molecule has 0 aromatic rings. The van der Waals surface area contributed by atoms with Gasteiger partial charge in [0, 0.05) is 11.4 Å². The Morgan fingerprint density at radius 1 is 1.10 bits per heavy atom. The number of hydrogen-bond acceptors (Lipinski definition) is 1. The molecule has 1 unspecified atom stereocenters. The molecule has 0 amide bonds. The van der Waals surface area contributed by atoms with E-state index < -0.39 is 16.4 Å². The van der Waals surface area contributed by atoms with Crippen LogP contribution in [0.5, 0.6) is 0 Å². The standard InChI is InChI=1S/C16H33BrOSi2/c1-16(2,3)20(7,8)18-15(11-9-13-17)12-10-14-19(4,5)6/h15H,9,11,13-14H2,1-8H3. The highest BCUT2D eigenvalue weighted by atomic mass is 79.9. The molecule has 0 saturated carbocycles. The van der Waals surface area contributed by atoms with Crippen LogP contribution in [0, 0.1) is 11.8 Å². The van der Waals surface area contributed by atoms with E-state index in [4.69, 9.17) is 4.43 Å². The van der Waals surface area contributed by atoms with E-state index in [0.717, 1.165) is 24.2 Å². The zero-order valence-corrected chi connectivity index (χ0v) is 18.3. The van der Waals surface area contributed by atoms with Crippen molar-refractivity contribution < 1.29 is 4.43 Å². The second-order valence-corrected chi connectivity index (χ2v) is 19.3. The van der Waals surface area contributed by atoms with Crippen LogP contribution in [0.25, 0.3) is 0 Å². The van der Waals surface area contributed by atoms with Crippen molar-refractivity contribution in [2.24, 2.45) is 0 Å². The lowest BCUT2D eigenvalue weighted by Crippen LogP contribution is -2.43. The molecule has 0 N–H and O–H groups in total. The third kappa shape index (κ3) is 8.66. The van der Waals surface area contributed by atoms with Gasteiger partial charge in [0.1, 0.15) is 6.10 Å². The molecule has 0 aliphatic carbocycles. The summed E-state index contributed by atoms with van der Waals surface area (Å²) in [4.78, 5) is 0. The van der Waals surface area contributed by atoms with Crippen LogP contribution >= 0.6 is 15.9 Å². The predicted octanol–water partition coefficient (Wildman–Crippen LogP) is 5.89. The normalized spacial score (nSPS) is 14.7. The third-order valence-electron chi connectivity index (χ3n) is 3.72. The lowest BCUT2D eigenvalue weighted by Gasteiger charge is -2.38. The van der Waals surface area contributed by atoms with Gasteiger partial charge in [0.05, 0.1) is 8.07 Å². The van der Waals surface area contributed by atoms with Crippen molar-refractivity contribution in [2.45, 2.75) is 83.5 Å². The lowest BCUT2D eigenvalue weighted by molar-refractivity contribution is 0.223. The van der Waals surface area contributed by atoms with Crippen LogP contribution in [0.4, 0.5) is 0 Å². The van der Waals surface area contributed by atoms with Crippen LogP contribution in [-0.4, -0.2) is 27.8 Å². The Bertz CT molecular complexity index is 342. The average Bonchev–Trinajstić information content (AvgIpc) is 2.21. The Balaban J connectivity index is 4.81. The minimum absolute atomic E-state index is 0.116. The predicted molar refractivity (Wildman–Crippen MR) is 101 cm³/mol. The van der Waals surface area contributed by atoms with Crippen LogP contribution in [-0.2, 0) is 4.43 Å². The van der Waals surface area contributed by atoms with Crippen molar-refractivity contribution in [3.63, 3.8) is 0 Å². The van der Waals surface area contributed by atoms with Crippen LogP contribution in [0.3, 0.4) is 0 Å². The molecule has 0 aromatic carbocycles. The first kappa shape index (κ1) is 20.4. The SMILES string of the molecule is CC(C)(C)[Si](C)(C)OC(C#CC[Si](C)(C)C)CCCBr. The zero-order valence-electron chi connectivity index (χ0n) is 14.7. The molecule has 1 nitrogen and oxygen atoms in total. The van der Waals surface area contributed by atoms with E-state index in [2.05, 4.69) is 81.3 Å². The van der Waals surface area contributed by atoms with E-state index in [1.54, 1.807) is 0 Å². The van der Waals surface area contributed by atoms with Gasteiger partial charge in [0.2, 0.25) is 0 Å². The maximum absolute atomic E-state index is 6.48. The Morgan fingerprint density at radius 3 is 2.05 bits per heavy atom. The summed E-state index contributed by atoms with van der Waals surface area (Å²) in [5.41, 5.74) is 0. The lowest BCUT2D eigenvalue weighted by atomic mass is 10.2.